The lowest BCUT2D eigenvalue weighted by Gasteiger charge is -2.00. The number of nitrogen functional groups attached to an aromatic ring is 1. The fourth-order valence-corrected chi connectivity index (χ4v) is 1.54. The maximum atomic E-state index is 5.26. The van der Waals surface area contributed by atoms with Gasteiger partial charge in [0.1, 0.15) is 5.82 Å². The van der Waals surface area contributed by atoms with E-state index in [-0.39, 0.29) is 0 Å². The van der Waals surface area contributed by atoms with Crippen molar-refractivity contribution in [2.45, 2.75) is 0 Å². The lowest BCUT2D eigenvalue weighted by atomic mass is 10.1. The highest BCUT2D eigenvalue weighted by molar-refractivity contribution is 5.70. The minimum atomic E-state index is 0.658. The van der Waals surface area contributed by atoms with E-state index in [0.717, 1.165) is 16.8 Å². The molecule has 0 saturated heterocycles. The monoisotopic (exact) mass is 240 g/mol. The van der Waals surface area contributed by atoms with E-state index in [1.807, 2.05) is 43.5 Å². The first kappa shape index (κ1) is 12.1. The molecule has 0 bridgehead atoms. The van der Waals surface area contributed by atoms with Gasteiger partial charge in [-0.05, 0) is 35.4 Å². The SMILES string of the molecule is CNc1ccc(/C=C/c2ccc(NN)nc2)cc1. The molecule has 0 aliphatic heterocycles. The average molecular weight is 240 g/mol. The van der Waals surface area contributed by atoms with Crippen molar-refractivity contribution in [3.63, 3.8) is 0 Å². The van der Waals surface area contributed by atoms with Gasteiger partial charge in [0.15, 0.2) is 0 Å². The molecule has 1 aromatic heterocycles. The number of pyridine rings is 1. The fourth-order valence-electron chi connectivity index (χ4n) is 1.54. The Morgan fingerprint density at radius 1 is 1.00 bits per heavy atom. The molecule has 0 unspecified atom stereocenters. The van der Waals surface area contributed by atoms with E-state index < -0.39 is 0 Å². The smallest absolute Gasteiger partial charge is 0.139 e. The van der Waals surface area contributed by atoms with Gasteiger partial charge in [0.25, 0.3) is 0 Å². The first-order valence-corrected chi connectivity index (χ1v) is 5.70. The number of hydrogen-bond donors (Lipinski definition) is 3. The van der Waals surface area contributed by atoms with Crippen LogP contribution in [0.3, 0.4) is 0 Å². The normalized spacial score (nSPS) is 10.6. The van der Waals surface area contributed by atoms with Gasteiger partial charge >= 0.3 is 0 Å². The van der Waals surface area contributed by atoms with Gasteiger partial charge in [-0.2, -0.15) is 0 Å². The summed E-state index contributed by atoms with van der Waals surface area (Å²) in [7, 11) is 1.91. The summed E-state index contributed by atoms with van der Waals surface area (Å²) in [4.78, 5) is 4.14. The third-order valence-electron chi connectivity index (χ3n) is 2.60. The van der Waals surface area contributed by atoms with Gasteiger partial charge < -0.3 is 10.7 Å². The van der Waals surface area contributed by atoms with Crippen LogP contribution in [0, 0.1) is 0 Å². The number of anilines is 2. The van der Waals surface area contributed by atoms with Gasteiger partial charge in [0.05, 0.1) is 0 Å². The zero-order valence-electron chi connectivity index (χ0n) is 10.2. The van der Waals surface area contributed by atoms with Crippen molar-refractivity contribution < 1.29 is 0 Å². The van der Waals surface area contributed by atoms with Crippen molar-refractivity contribution in [2.24, 2.45) is 5.84 Å². The first-order chi connectivity index (χ1) is 8.81. The van der Waals surface area contributed by atoms with Gasteiger partial charge in [0, 0.05) is 18.9 Å². The molecule has 92 valence electrons. The average Bonchev–Trinajstić information content (AvgIpc) is 2.46. The Balaban J connectivity index is 2.08. The molecule has 1 aromatic carbocycles. The highest BCUT2D eigenvalue weighted by atomic mass is 15.2. The van der Waals surface area contributed by atoms with Crippen LogP contribution in [-0.4, -0.2) is 12.0 Å². The molecule has 4 N–H and O–H groups in total. The van der Waals surface area contributed by atoms with E-state index in [2.05, 4.69) is 27.9 Å². The fraction of sp³-hybridized carbons (Fsp3) is 0.0714. The summed E-state index contributed by atoms with van der Waals surface area (Å²) >= 11 is 0. The second kappa shape index (κ2) is 5.84. The lowest BCUT2D eigenvalue weighted by molar-refractivity contribution is 1.22. The third kappa shape index (κ3) is 3.09. The summed E-state index contributed by atoms with van der Waals surface area (Å²) in [6.07, 6.45) is 5.83. The minimum Gasteiger partial charge on any atom is -0.388 e. The second-order valence-corrected chi connectivity index (χ2v) is 3.83. The molecular weight excluding hydrogens is 224 g/mol. The largest absolute Gasteiger partial charge is 0.388 e. The topological polar surface area (TPSA) is 63.0 Å². The Morgan fingerprint density at radius 2 is 1.67 bits per heavy atom. The predicted molar refractivity (Wildman–Crippen MR) is 77.0 cm³/mol. The number of rotatable bonds is 4. The molecule has 0 radical (unpaired) electrons. The molecule has 0 fully saturated rings. The van der Waals surface area contributed by atoms with Crippen molar-refractivity contribution in [1.82, 2.24) is 4.98 Å². The quantitative estimate of drug-likeness (QED) is 0.568. The van der Waals surface area contributed by atoms with Gasteiger partial charge in [-0.3, -0.25) is 0 Å². The molecule has 0 aliphatic rings. The van der Waals surface area contributed by atoms with Gasteiger partial charge in [-0.15, -0.1) is 0 Å². The van der Waals surface area contributed by atoms with Crippen molar-refractivity contribution >= 4 is 23.7 Å². The van der Waals surface area contributed by atoms with Crippen molar-refractivity contribution in [3.8, 4) is 0 Å². The van der Waals surface area contributed by atoms with Crippen LogP contribution in [-0.2, 0) is 0 Å². The number of hydrogen-bond acceptors (Lipinski definition) is 4. The Hall–Kier alpha value is -2.33. The van der Waals surface area contributed by atoms with E-state index in [1.54, 1.807) is 6.20 Å². The molecule has 4 nitrogen and oxygen atoms in total. The van der Waals surface area contributed by atoms with E-state index >= 15 is 0 Å². The molecule has 1 heterocycles. The summed E-state index contributed by atoms with van der Waals surface area (Å²) in [5.41, 5.74) is 5.78. The highest BCUT2D eigenvalue weighted by Crippen LogP contribution is 2.12. The molecule has 4 heteroatoms. The van der Waals surface area contributed by atoms with Crippen molar-refractivity contribution in [3.05, 3.63) is 53.7 Å². The number of nitrogens with zero attached hydrogens (tertiary/aromatic N) is 1. The van der Waals surface area contributed by atoms with E-state index in [1.165, 1.54) is 0 Å². The first-order valence-electron chi connectivity index (χ1n) is 5.70. The third-order valence-corrected chi connectivity index (χ3v) is 2.60. The van der Waals surface area contributed by atoms with Gasteiger partial charge in [0.2, 0.25) is 0 Å². The second-order valence-electron chi connectivity index (χ2n) is 3.83. The number of nitrogens with two attached hydrogens (primary N) is 1. The summed E-state index contributed by atoms with van der Waals surface area (Å²) < 4.78 is 0. The lowest BCUT2D eigenvalue weighted by Crippen LogP contribution is -2.07. The van der Waals surface area contributed by atoms with Crippen LogP contribution in [0.1, 0.15) is 11.1 Å². The van der Waals surface area contributed by atoms with Gasteiger partial charge in [-0.1, -0.05) is 24.3 Å². The molecule has 0 spiro atoms. The molecule has 2 aromatic rings. The Bertz CT molecular complexity index is 465. The number of benzene rings is 1. The van der Waals surface area contributed by atoms with E-state index in [9.17, 15) is 0 Å². The Kier molecular flexibility index (Phi) is 3.94. The summed E-state index contributed by atoms with van der Waals surface area (Å²) in [6, 6.07) is 12.0. The van der Waals surface area contributed by atoms with E-state index in [0.29, 0.717) is 5.82 Å². The maximum absolute atomic E-state index is 5.26. The summed E-state index contributed by atoms with van der Waals surface area (Å²) in [5.74, 6) is 5.91. The number of aromatic nitrogens is 1. The molecule has 18 heavy (non-hydrogen) atoms. The van der Waals surface area contributed by atoms with Crippen LogP contribution in [0.5, 0.6) is 0 Å². The highest BCUT2D eigenvalue weighted by Gasteiger charge is 1.91. The number of nitrogens with one attached hydrogen (secondary N) is 2. The summed E-state index contributed by atoms with van der Waals surface area (Å²) in [5, 5.41) is 3.09. The van der Waals surface area contributed by atoms with Crippen LogP contribution in [0.4, 0.5) is 11.5 Å². The Morgan fingerprint density at radius 3 is 2.22 bits per heavy atom. The van der Waals surface area contributed by atoms with Crippen LogP contribution >= 0.6 is 0 Å². The van der Waals surface area contributed by atoms with Crippen molar-refractivity contribution in [1.29, 1.82) is 0 Å². The maximum Gasteiger partial charge on any atom is 0.139 e. The van der Waals surface area contributed by atoms with Gasteiger partial charge in [-0.25, -0.2) is 10.8 Å². The molecule has 0 atom stereocenters. The van der Waals surface area contributed by atoms with Crippen molar-refractivity contribution in [2.75, 3.05) is 17.8 Å². The standard InChI is InChI=1S/C14H16N4/c1-16-13-7-4-11(5-8-13)2-3-12-6-9-14(18-15)17-10-12/h2-10,16H,15H2,1H3,(H,17,18)/b3-2+. The molecule has 0 amide bonds. The van der Waals surface area contributed by atoms with Crippen LogP contribution in [0.25, 0.3) is 12.2 Å². The van der Waals surface area contributed by atoms with Crippen LogP contribution in [0.2, 0.25) is 0 Å². The molecular formula is C14H16N4. The minimum absolute atomic E-state index is 0.658. The molecule has 0 saturated carbocycles. The molecule has 0 aliphatic carbocycles. The zero-order valence-corrected chi connectivity index (χ0v) is 10.2. The summed E-state index contributed by atoms with van der Waals surface area (Å²) in [6.45, 7) is 0. The van der Waals surface area contributed by atoms with Crippen LogP contribution < -0.4 is 16.6 Å². The van der Waals surface area contributed by atoms with E-state index in [4.69, 9.17) is 5.84 Å². The molecule has 2 rings (SSSR count). The number of hydrazine groups is 1. The van der Waals surface area contributed by atoms with Crippen LogP contribution in [0.15, 0.2) is 42.6 Å². The predicted octanol–water partition coefficient (Wildman–Crippen LogP) is 2.58. The Labute approximate surface area is 107 Å². The zero-order chi connectivity index (χ0) is 12.8.